The fourth-order valence-corrected chi connectivity index (χ4v) is 2.22. The first-order valence-corrected chi connectivity index (χ1v) is 8.17. The molecule has 0 bridgehead atoms. The second-order valence-corrected chi connectivity index (χ2v) is 5.47. The Labute approximate surface area is 161 Å². The summed E-state index contributed by atoms with van der Waals surface area (Å²) in [6.07, 6.45) is 1.27. The molecule has 9 nitrogen and oxygen atoms in total. The number of nitrogens with one attached hydrogen (secondary N) is 2. The van der Waals surface area contributed by atoms with Crippen molar-refractivity contribution < 1.29 is 28.9 Å². The number of nitrogens with zero attached hydrogens (tertiary/aromatic N) is 1. The first-order valence-electron chi connectivity index (χ1n) is 8.17. The van der Waals surface area contributed by atoms with E-state index in [2.05, 4.69) is 15.8 Å². The van der Waals surface area contributed by atoms with E-state index >= 15 is 0 Å². The number of phenols is 1. The number of methoxy groups -OCH3 is 3. The fourth-order valence-electron chi connectivity index (χ4n) is 2.22. The molecule has 0 atom stereocenters. The molecule has 28 heavy (non-hydrogen) atoms. The number of aromatic hydroxyl groups is 1. The average molecular weight is 387 g/mol. The zero-order valence-corrected chi connectivity index (χ0v) is 15.7. The van der Waals surface area contributed by atoms with E-state index in [9.17, 15) is 14.7 Å². The molecule has 0 unspecified atom stereocenters. The predicted molar refractivity (Wildman–Crippen MR) is 102 cm³/mol. The van der Waals surface area contributed by atoms with E-state index < -0.39 is 11.8 Å². The predicted octanol–water partition coefficient (Wildman–Crippen LogP) is 1.30. The van der Waals surface area contributed by atoms with Crippen molar-refractivity contribution in [3.05, 3.63) is 47.5 Å². The Hall–Kier alpha value is -3.75. The Kier molecular flexibility index (Phi) is 7.21. The second kappa shape index (κ2) is 9.81. The molecule has 148 valence electrons. The highest BCUT2D eigenvalue weighted by Crippen LogP contribution is 2.27. The largest absolute Gasteiger partial charge is 0.507 e. The molecule has 0 aromatic heterocycles. The van der Waals surface area contributed by atoms with Gasteiger partial charge in [0.05, 0.1) is 34.1 Å². The van der Waals surface area contributed by atoms with Crippen LogP contribution in [0.2, 0.25) is 0 Å². The van der Waals surface area contributed by atoms with E-state index in [1.807, 2.05) is 0 Å². The fraction of sp³-hybridized carbons (Fsp3) is 0.211. The monoisotopic (exact) mass is 387 g/mol. The zero-order chi connectivity index (χ0) is 20.5. The van der Waals surface area contributed by atoms with Gasteiger partial charge in [0.15, 0.2) is 11.5 Å². The second-order valence-electron chi connectivity index (χ2n) is 5.47. The van der Waals surface area contributed by atoms with Crippen LogP contribution in [0.5, 0.6) is 23.0 Å². The highest BCUT2D eigenvalue weighted by Gasteiger charge is 2.11. The molecule has 2 rings (SSSR count). The van der Waals surface area contributed by atoms with Crippen LogP contribution in [0.15, 0.2) is 41.5 Å². The van der Waals surface area contributed by atoms with Crippen molar-refractivity contribution in [1.82, 2.24) is 10.7 Å². The quantitative estimate of drug-likeness (QED) is 0.464. The number of benzene rings is 2. The zero-order valence-electron chi connectivity index (χ0n) is 15.7. The van der Waals surface area contributed by atoms with Crippen LogP contribution in [0, 0.1) is 0 Å². The van der Waals surface area contributed by atoms with E-state index in [1.54, 1.807) is 24.3 Å². The van der Waals surface area contributed by atoms with Gasteiger partial charge in [-0.1, -0.05) is 0 Å². The minimum absolute atomic E-state index is 0.0134. The van der Waals surface area contributed by atoms with E-state index in [1.165, 1.54) is 39.7 Å². The minimum Gasteiger partial charge on any atom is -0.507 e. The summed E-state index contributed by atoms with van der Waals surface area (Å²) >= 11 is 0. The van der Waals surface area contributed by atoms with Crippen molar-refractivity contribution in [2.45, 2.75) is 0 Å². The van der Waals surface area contributed by atoms with Crippen LogP contribution in [-0.4, -0.2) is 51.0 Å². The van der Waals surface area contributed by atoms with E-state index in [0.29, 0.717) is 28.4 Å². The Morgan fingerprint density at radius 3 is 2.46 bits per heavy atom. The van der Waals surface area contributed by atoms with Gasteiger partial charge in [0.25, 0.3) is 11.8 Å². The Morgan fingerprint density at radius 2 is 1.79 bits per heavy atom. The average Bonchev–Trinajstić information content (AvgIpc) is 2.72. The van der Waals surface area contributed by atoms with Crippen molar-refractivity contribution in [3.63, 3.8) is 0 Å². The van der Waals surface area contributed by atoms with Gasteiger partial charge in [-0.15, -0.1) is 0 Å². The maximum atomic E-state index is 12.2. The van der Waals surface area contributed by atoms with Gasteiger partial charge in [0.2, 0.25) is 0 Å². The van der Waals surface area contributed by atoms with Crippen molar-refractivity contribution in [2.24, 2.45) is 5.10 Å². The van der Waals surface area contributed by atoms with E-state index in [0.717, 1.165) is 0 Å². The lowest BCUT2D eigenvalue weighted by Gasteiger charge is -2.09. The molecule has 0 saturated carbocycles. The summed E-state index contributed by atoms with van der Waals surface area (Å²) in [6.45, 7) is -0.283. The van der Waals surface area contributed by atoms with Crippen molar-refractivity contribution in [2.75, 3.05) is 27.9 Å². The van der Waals surface area contributed by atoms with Crippen molar-refractivity contribution in [1.29, 1.82) is 0 Å². The molecule has 0 radical (unpaired) electrons. The Bertz CT molecular complexity index is 882. The third-order valence-corrected chi connectivity index (χ3v) is 3.68. The smallest absolute Gasteiger partial charge is 0.259 e. The molecule has 0 aliphatic rings. The van der Waals surface area contributed by atoms with Gasteiger partial charge in [0.1, 0.15) is 11.5 Å². The normalized spacial score (nSPS) is 10.4. The number of hydrogen-bond donors (Lipinski definition) is 3. The van der Waals surface area contributed by atoms with Crippen LogP contribution in [0.25, 0.3) is 0 Å². The minimum atomic E-state index is -0.535. The molecule has 0 fully saturated rings. The number of phenolic OH excluding ortho intramolecular Hbond substituents is 1. The lowest BCUT2D eigenvalue weighted by Crippen LogP contribution is -2.34. The number of carbonyl (C=O) groups is 2. The maximum absolute atomic E-state index is 12.2. The molecule has 0 saturated heterocycles. The highest BCUT2D eigenvalue weighted by atomic mass is 16.5. The Balaban J connectivity index is 1.89. The van der Waals surface area contributed by atoms with E-state index in [4.69, 9.17) is 14.2 Å². The molecule has 2 amide bonds. The number of ether oxygens (including phenoxy) is 3. The lowest BCUT2D eigenvalue weighted by molar-refractivity contribution is -0.120. The molecule has 2 aromatic carbocycles. The van der Waals surface area contributed by atoms with Gasteiger partial charge in [0, 0.05) is 11.1 Å². The summed E-state index contributed by atoms with van der Waals surface area (Å²) in [4.78, 5) is 24.0. The van der Waals surface area contributed by atoms with Crippen LogP contribution in [0.1, 0.15) is 15.9 Å². The van der Waals surface area contributed by atoms with Crippen LogP contribution in [0.4, 0.5) is 0 Å². The third kappa shape index (κ3) is 5.37. The molecule has 0 heterocycles. The number of carbonyl (C=O) groups excluding carboxylic acids is 2. The molecule has 9 heteroatoms. The van der Waals surface area contributed by atoms with Crippen LogP contribution < -0.4 is 25.0 Å². The first kappa shape index (κ1) is 20.6. The molecular weight excluding hydrogens is 366 g/mol. The number of hydrazone groups is 1. The van der Waals surface area contributed by atoms with E-state index in [-0.39, 0.29) is 12.3 Å². The number of amides is 2. The standard InChI is InChI=1S/C19H21N3O6/c1-26-14-5-6-15(23)13(8-14)10-21-22-18(24)11-20-19(25)12-4-7-16(27-2)17(9-12)28-3/h4-10,23H,11H2,1-3H3,(H,20,25)(H,22,24)/b21-10+. The van der Waals surface area contributed by atoms with Gasteiger partial charge in [-0.2, -0.15) is 5.10 Å². The molecule has 0 aliphatic carbocycles. The third-order valence-electron chi connectivity index (χ3n) is 3.68. The molecule has 0 aliphatic heterocycles. The molecular formula is C19H21N3O6. The van der Waals surface area contributed by atoms with Gasteiger partial charge < -0.3 is 24.6 Å². The topological polar surface area (TPSA) is 118 Å². The summed E-state index contributed by atoms with van der Waals surface area (Å²) in [5.41, 5.74) is 2.95. The van der Waals surface area contributed by atoms with Gasteiger partial charge in [-0.25, -0.2) is 5.43 Å². The molecule has 2 aromatic rings. The van der Waals surface area contributed by atoms with Crippen LogP contribution in [0.3, 0.4) is 0 Å². The summed E-state index contributed by atoms with van der Waals surface area (Å²) < 4.78 is 15.3. The summed E-state index contributed by atoms with van der Waals surface area (Å²) in [7, 11) is 4.45. The summed E-state index contributed by atoms with van der Waals surface area (Å²) in [5.74, 6) is 0.431. The van der Waals surface area contributed by atoms with Crippen LogP contribution >= 0.6 is 0 Å². The summed E-state index contributed by atoms with van der Waals surface area (Å²) in [6, 6.07) is 9.26. The van der Waals surface area contributed by atoms with Crippen LogP contribution in [-0.2, 0) is 4.79 Å². The summed E-state index contributed by atoms with van der Waals surface area (Å²) in [5, 5.41) is 16.0. The number of rotatable bonds is 8. The first-order chi connectivity index (χ1) is 13.5. The molecule has 0 spiro atoms. The van der Waals surface area contributed by atoms with Gasteiger partial charge in [-0.05, 0) is 36.4 Å². The van der Waals surface area contributed by atoms with Gasteiger partial charge in [-0.3, -0.25) is 9.59 Å². The number of hydrogen-bond acceptors (Lipinski definition) is 7. The van der Waals surface area contributed by atoms with Gasteiger partial charge >= 0.3 is 0 Å². The highest BCUT2D eigenvalue weighted by molar-refractivity contribution is 5.97. The Morgan fingerprint density at radius 1 is 1.04 bits per heavy atom. The van der Waals surface area contributed by atoms with Crippen molar-refractivity contribution >= 4 is 18.0 Å². The molecule has 3 N–H and O–H groups in total. The van der Waals surface area contributed by atoms with Crippen molar-refractivity contribution in [3.8, 4) is 23.0 Å². The SMILES string of the molecule is COc1ccc(O)c(/C=N/NC(=O)CNC(=O)c2ccc(OC)c(OC)c2)c1. The lowest BCUT2D eigenvalue weighted by atomic mass is 10.2. The maximum Gasteiger partial charge on any atom is 0.259 e.